The van der Waals surface area contributed by atoms with E-state index in [1.54, 1.807) is 12.1 Å². The van der Waals surface area contributed by atoms with Gasteiger partial charge in [0.1, 0.15) is 10.7 Å². The molecule has 2 amide bonds. The minimum atomic E-state index is -4.46. The number of carbonyl (C=O) groups is 2. The normalized spacial score (nSPS) is 11.2. The SMILES string of the molecule is Cc1ccc(NC(=O)CN(C)C(=O)c2csc(-c3cccc(C(F)(F)F)c3)n2)cc1. The van der Waals surface area contributed by atoms with Crippen molar-refractivity contribution in [3.8, 4) is 10.6 Å². The molecule has 0 spiro atoms. The van der Waals surface area contributed by atoms with Crippen LogP contribution >= 0.6 is 11.3 Å². The van der Waals surface area contributed by atoms with E-state index < -0.39 is 17.6 Å². The van der Waals surface area contributed by atoms with Crippen molar-refractivity contribution >= 4 is 28.8 Å². The lowest BCUT2D eigenvalue weighted by Crippen LogP contribution is -2.35. The molecule has 5 nitrogen and oxygen atoms in total. The lowest BCUT2D eigenvalue weighted by atomic mass is 10.1. The number of aromatic nitrogens is 1. The van der Waals surface area contributed by atoms with Crippen LogP contribution in [-0.4, -0.2) is 35.3 Å². The standard InChI is InChI=1S/C21H18F3N3O2S/c1-13-6-8-16(9-7-13)25-18(28)11-27(2)20(29)17-12-30-19(26-17)14-4-3-5-15(10-14)21(22,23)24/h3-10,12H,11H2,1-2H3,(H,25,28). The third-order valence-electron chi connectivity index (χ3n) is 4.22. The molecule has 1 aromatic heterocycles. The van der Waals surface area contributed by atoms with Crippen LogP contribution in [0.1, 0.15) is 21.6 Å². The molecule has 0 saturated carbocycles. The highest BCUT2D eigenvalue weighted by Crippen LogP contribution is 2.33. The van der Waals surface area contributed by atoms with Gasteiger partial charge in [-0.3, -0.25) is 9.59 Å². The molecule has 0 bridgehead atoms. The van der Waals surface area contributed by atoms with Crippen LogP contribution in [0.2, 0.25) is 0 Å². The van der Waals surface area contributed by atoms with E-state index in [9.17, 15) is 22.8 Å². The Labute approximate surface area is 175 Å². The van der Waals surface area contributed by atoms with Crippen LogP contribution in [0.3, 0.4) is 0 Å². The Hall–Kier alpha value is -3.20. The molecule has 30 heavy (non-hydrogen) atoms. The van der Waals surface area contributed by atoms with Crippen molar-refractivity contribution in [3.05, 3.63) is 70.7 Å². The van der Waals surface area contributed by atoms with Crippen molar-refractivity contribution in [2.24, 2.45) is 0 Å². The second-order valence-electron chi connectivity index (χ2n) is 6.69. The smallest absolute Gasteiger partial charge is 0.331 e. The molecular weight excluding hydrogens is 415 g/mol. The van der Waals surface area contributed by atoms with Crippen LogP contribution in [0.15, 0.2) is 53.9 Å². The molecule has 2 aromatic carbocycles. The minimum absolute atomic E-state index is 0.0676. The van der Waals surface area contributed by atoms with Gasteiger partial charge in [0, 0.05) is 23.7 Å². The van der Waals surface area contributed by atoms with Crippen LogP contribution in [0, 0.1) is 6.92 Å². The van der Waals surface area contributed by atoms with E-state index in [1.807, 2.05) is 19.1 Å². The van der Waals surface area contributed by atoms with Crippen LogP contribution < -0.4 is 5.32 Å². The molecule has 9 heteroatoms. The van der Waals surface area contributed by atoms with Crippen LogP contribution in [0.4, 0.5) is 18.9 Å². The highest BCUT2D eigenvalue weighted by Gasteiger charge is 2.30. The molecule has 0 aliphatic rings. The number of hydrogen-bond donors (Lipinski definition) is 1. The summed E-state index contributed by atoms with van der Waals surface area (Å²) in [7, 11) is 1.46. The van der Waals surface area contributed by atoms with E-state index in [1.165, 1.54) is 29.5 Å². The van der Waals surface area contributed by atoms with Gasteiger partial charge < -0.3 is 10.2 Å². The maximum Gasteiger partial charge on any atom is 0.416 e. The predicted molar refractivity (Wildman–Crippen MR) is 109 cm³/mol. The molecule has 0 atom stereocenters. The van der Waals surface area contributed by atoms with Crippen molar-refractivity contribution in [3.63, 3.8) is 0 Å². The summed E-state index contributed by atoms with van der Waals surface area (Å²) < 4.78 is 38.7. The number of amides is 2. The van der Waals surface area contributed by atoms with Gasteiger partial charge in [-0.05, 0) is 31.2 Å². The topological polar surface area (TPSA) is 62.3 Å². The van der Waals surface area contributed by atoms with Crippen molar-refractivity contribution in [2.75, 3.05) is 18.9 Å². The number of thiazole rings is 1. The first kappa shape index (κ1) is 21.5. The Morgan fingerprint density at radius 2 is 1.83 bits per heavy atom. The Morgan fingerprint density at radius 3 is 2.50 bits per heavy atom. The van der Waals surface area contributed by atoms with E-state index in [2.05, 4.69) is 10.3 Å². The molecule has 1 N–H and O–H groups in total. The number of halogens is 3. The summed E-state index contributed by atoms with van der Waals surface area (Å²) >= 11 is 1.06. The quantitative estimate of drug-likeness (QED) is 0.626. The fourth-order valence-corrected chi connectivity index (χ4v) is 3.44. The summed E-state index contributed by atoms with van der Waals surface area (Å²) in [5.74, 6) is -0.869. The number of nitrogens with one attached hydrogen (secondary N) is 1. The number of rotatable bonds is 5. The maximum absolute atomic E-state index is 12.9. The Balaban J connectivity index is 1.67. The fourth-order valence-electron chi connectivity index (χ4n) is 2.65. The Bertz CT molecular complexity index is 1060. The molecule has 0 aliphatic heterocycles. The lowest BCUT2D eigenvalue weighted by Gasteiger charge is -2.15. The maximum atomic E-state index is 12.9. The predicted octanol–water partition coefficient (Wildman–Crippen LogP) is 4.85. The van der Waals surface area contributed by atoms with E-state index in [0.29, 0.717) is 10.7 Å². The Morgan fingerprint density at radius 1 is 1.13 bits per heavy atom. The van der Waals surface area contributed by atoms with Gasteiger partial charge in [0.05, 0.1) is 12.1 Å². The summed E-state index contributed by atoms with van der Waals surface area (Å²) in [5.41, 5.74) is 1.23. The summed E-state index contributed by atoms with van der Waals surface area (Å²) in [6, 6.07) is 12.0. The number of benzene rings is 2. The van der Waals surface area contributed by atoms with Crippen LogP contribution in [-0.2, 0) is 11.0 Å². The number of hydrogen-bond acceptors (Lipinski definition) is 4. The first-order valence-electron chi connectivity index (χ1n) is 8.88. The lowest BCUT2D eigenvalue weighted by molar-refractivity contribution is -0.137. The minimum Gasteiger partial charge on any atom is -0.331 e. The van der Waals surface area contributed by atoms with E-state index >= 15 is 0 Å². The molecule has 0 unspecified atom stereocenters. The number of anilines is 1. The number of nitrogens with zero attached hydrogens (tertiary/aromatic N) is 2. The molecule has 3 rings (SSSR count). The van der Waals surface area contributed by atoms with Crippen molar-refractivity contribution in [1.82, 2.24) is 9.88 Å². The third kappa shape index (κ3) is 5.24. The Kier molecular flexibility index (Phi) is 6.21. The summed E-state index contributed by atoms with van der Waals surface area (Å²) in [5, 5.41) is 4.46. The van der Waals surface area contributed by atoms with Crippen molar-refractivity contribution in [2.45, 2.75) is 13.1 Å². The molecule has 0 aliphatic carbocycles. The van der Waals surface area contributed by atoms with E-state index in [-0.39, 0.29) is 23.7 Å². The van der Waals surface area contributed by atoms with Crippen LogP contribution in [0.25, 0.3) is 10.6 Å². The average Bonchev–Trinajstić information content (AvgIpc) is 3.18. The average molecular weight is 433 g/mol. The van der Waals surface area contributed by atoms with Gasteiger partial charge in [-0.2, -0.15) is 13.2 Å². The summed E-state index contributed by atoms with van der Waals surface area (Å²) in [4.78, 5) is 30.1. The van der Waals surface area contributed by atoms with Gasteiger partial charge in [-0.15, -0.1) is 11.3 Å². The zero-order valence-electron chi connectivity index (χ0n) is 16.2. The van der Waals surface area contributed by atoms with Gasteiger partial charge in [0.25, 0.3) is 5.91 Å². The second kappa shape index (κ2) is 8.66. The number of aryl methyl sites for hydroxylation is 1. The molecule has 156 valence electrons. The van der Waals surface area contributed by atoms with Crippen molar-refractivity contribution in [1.29, 1.82) is 0 Å². The zero-order valence-corrected chi connectivity index (χ0v) is 17.0. The third-order valence-corrected chi connectivity index (χ3v) is 5.11. The van der Waals surface area contributed by atoms with Gasteiger partial charge in [-0.1, -0.05) is 29.8 Å². The first-order valence-corrected chi connectivity index (χ1v) is 9.76. The van der Waals surface area contributed by atoms with Crippen molar-refractivity contribution < 1.29 is 22.8 Å². The monoisotopic (exact) mass is 433 g/mol. The van der Waals surface area contributed by atoms with Gasteiger partial charge in [0.15, 0.2) is 0 Å². The number of alkyl halides is 3. The van der Waals surface area contributed by atoms with E-state index in [0.717, 1.165) is 29.0 Å². The molecule has 0 radical (unpaired) electrons. The summed E-state index contributed by atoms with van der Waals surface area (Å²) in [6.45, 7) is 1.74. The zero-order chi connectivity index (χ0) is 21.9. The van der Waals surface area contributed by atoms with Crippen LogP contribution in [0.5, 0.6) is 0 Å². The molecular formula is C21H18F3N3O2S. The summed E-state index contributed by atoms with van der Waals surface area (Å²) in [6.07, 6.45) is -4.46. The highest BCUT2D eigenvalue weighted by molar-refractivity contribution is 7.13. The molecule has 1 heterocycles. The molecule has 0 saturated heterocycles. The largest absolute Gasteiger partial charge is 0.416 e. The second-order valence-corrected chi connectivity index (χ2v) is 7.55. The molecule has 3 aromatic rings. The number of likely N-dealkylation sites (N-methyl/N-ethyl adjacent to an activating group) is 1. The van der Waals surface area contributed by atoms with Gasteiger partial charge in [-0.25, -0.2) is 4.98 Å². The fraction of sp³-hybridized carbons (Fsp3) is 0.190. The van der Waals surface area contributed by atoms with Gasteiger partial charge >= 0.3 is 6.18 Å². The highest BCUT2D eigenvalue weighted by atomic mass is 32.1. The number of carbonyl (C=O) groups excluding carboxylic acids is 2. The first-order chi connectivity index (χ1) is 14.1. The molecule has 0 fully saturated rings. The van der Waals surface area contributed by atoms with Gasteiger partial charge in [0.2, 0.25) is 5.91 Å². The van der Waals surface area contributed by atoms with E-state index in [4.69, 9.17) is 0 Å².